The summed E-state index contributed by atoms with van der Waals surface area (Å²) in [5, 5.41) is 1.96. The fourth-order valence-corrected chi connectivity index (χ4v) is 4.71. The van der Waals surface area contributed by atoms with Crippen LogP contribution in [0.2, 0.25) is 0 Å². The molecule has 0 bridgehead atoms. The number of halogens is 3. The first kappa shape index (κ1) is 17.8. The van der Waals surface area contributed by atoms with Crippen LogP contribution in [0.5, 0.6) is 0 Å². The fourth-order valence-electron chi connectivity index (χ4n) is 3.55. The smallest absolute Gasteiger partial charge is 0.165 e. The second kappa shape index (κ2) is 7.19. The molecule has 26 heavy (non-hydrogen) atoms. The average Bonchev–Trinajstić information content (AvgIpc) is 3.26. The minimum Gasteiger partial charge on any atom is -0.355 e. The first-order valence-corrected chi connectivity index (χ1v) is 10.4. The molecular weight excluding hydrogens is 420 g/mol. The van der Waals surface area contributed by atoms with E-state index in [4.69, 9.17) is 0 Å². The summed E-state index contributed by atoms with van der Waals surface area (Å²) in [6, 6.07) is 4.18. The molecule has 1 aliphatic rings. The highest BCUT2D eigenvalue weighted by molar-refractivity contribution is 9.10. The summed E-state index contributed by atoms with van der Waals surface area (Å²) in [5.41, 5.74) is 0.862. The van der Waals surface area contributed by atoms with E-state index in [2.05, 4.69) is 37.7 Å². The van der Waals surface area contributed by atoms with Crippen LogP contribution in [0.4, 0.5) is 14.6 Å². The van der Waals surface area contributed by atoms with E-state index in [0.29, 0.717) is 5.92 Å². The van der Waals surface area contributed by atoms with Crippen molar-refractivity contribution < 1.29 is 8.78 Å². The summed E-state index contributed by atoms with van der Waals surface area (Å²) in [5.74, 6) is 0.663. The lowest BCUT2D eigenvalue weighted by atomic mass is 10.0. The molecule has 1 unspecified atom stereocenters. The van der Waals surface area contributed by atoms with E-state index in [0.717, 1.165) is 47.7 Å². The zero-order chi connectivity index (χ0) is 18.3. The number of benzene rings is 1. The number of hydrogen-bond donors (Lipinski definition) is 0. The van der Waals surface area contributed by atoms with Crippen molar-refractivity contribution in [3.8, 4) is 11.4 Å². The number of anilines is 1. The van der Waals surface area contributed by atoms with Gasteiger partial charge in [-0.3, -0.25) is 0 Å². The third kappa shape index (κ3) is 3.22. The molecule has 1 aromatic carbocycles. The number of thiophene rings is 1. The Hall–Kier alpha value is -1.60. The molecular formula is C19H18BrF2N3S. The van der Waals surface area contributed by atoms with Gasteiger partial charge < -0.3 is 4.90 Å². The molecule has 0 saturated carbocycles. The maximum Gasteiger partial charge on any atom is 0.165 e. The molecule has 3 heterocycles. The molecule has 1 aliphatic heterocycles. The Labute approximate surface area is 163 Å². The largest absolute Gasteiger partial charge is 0.355 e. The van der Waals surface area contributed by atoms with Crippen molar-refractivity contribution in [3.05, 3.63) is 39.7 Å². The molecule has 1 atom stereocenters. The van der Waals surface area contributed by atoms with Crippen molar-refractivity contribution in [2.45, 2.75) is 26.2 Å². The van der Waals surface area contributed by atoms with Crippen LogP contribution < -0.4 is 4.90 Å². The number of aromatic nitrogens is 2. The maximum atomic E-state index is 14.4. The van der Waals surface area contributed by atoms with Gasteiger partial charge in [0.25, 0.3) is 0 Å². The number of fused-ring (bicyclic) bond motifs is 1. The normalized spacial score (nSPS) is 17.4. The summed E-state index contributed by atoms with van der Waals surface area (Å²) >= 11 is 4.60. The van der Waals surface area contributed by atoms with Crippen LogP contribution in [0.25, 0.3) is 21.6 Å². The van der Waals surface area contributed by atoms with Crippen molar-refractivity contribution in [1.29, 1.82) is 0 Å². The second-order valence-electron chi connectivity index (χ2n) is 6.64. The van der Waals surface area contributed by atoms with Gasteiger partial charge in [0.05, 0.1) is 20.3 Å². The highest BCUT2D eigenvalue weighted by Crippen LogP contribution is 2.36. The summed E-state index contributed by atoms with van der Waals surface area (Å²) in [4.78, 5) is 11.4. The summed E-state index contributed by atoms with van der Waals surface area (Å²) in [6.07, 6.45) is 3.52. The van der Waals surface area contributed by atoms with Crippen LogP contribution in [-0.4, -0.2) is 23.1 Å². The highest BCUT2D eigenvalue weighted by Gasteiger charge is 2.26. The molecule has 0 radical (unpaired) electrons. The van der Waals surface area contributed by atoms with Gasteiger partial charge in [0.15, 0.2) is 11.6 Å². The predicted molar refractivity (Wildman–Crippen MR) is 106 cm³/mol. The van der Waals surface area contributed by atoms with E-state index >= 15 is 0 Å². The van der Waals surface area contributed by atoms with E-state index in [1.807, 2.05) is 11.4 Å². The molecule has 3 nitrogen and oxygen atoms in total. The van der Waals surface area contributed by atoms with E-state index in [9.17, 15) is 8.78 Å². The molecule has 3 aromatic rings. The Bertz CT molecular complexity index is 959. The van der Waals surface area contributed by atoms with E-state index < -0.39 is 11.6 Å². The SMILES string of the molecule is CCCC1CCN(c2nc(-c3cc(F)c(Br)cc3F)nc3ccsc23)C1. The van der Waals surface area contributed by atoms with Crippen LogP contribution in [0, 0.1) is 17.6 Å². The van der Waals surface area contributed by atoms with E-state index in [1.54, 1.807) is 11.3 Å². The van der Waals surface area contributed by atoms with Crippen LogP contribution >= 0.6 is 27.3 Å². The van der Waals surface area contributed by atoms with Gasteiger partial charge in [0, 0.05) is 13.1 Å². The third-order valence-corrected chi connectivity index (χ3v) is 6.33. The molecule has 7 heteroatoms. The van der Waals surface area contributed by atoms with Crippen molar-refractivity contribution in [2.24, 2.45) is 5.92 Å². The van der Waals surface area contributed by atoms with Crippen molar-refractivity contribution in [1.82, 2.24) is 9.97 Å². The van der Waals surface area contributed by atoms with Gasteiger partial charge in [-0.25, -0.2) is 18.7 Å². The molecule has 0 spiro atoms. The summed E-state index contributed by atoms with van der Waals surface area (Å²) < 4.78 is 29.5. The van der Waals surface area contributed by atoms with E-state index in [1.165, 1.54) is 12.8 Å². The maximum absolute atomic E-state index is 14.4. The molecule has 0 amide bonds. The number of hydrogen-bond acceptors (Lipinski definition) is 4. The zero-order valence-corrected chi connectivity index (χ0v) is 16.7. The minimum atomic E-state index is -0.538. The van der Waals surface area contributed by atoms with E-state index in [-0.39, 0.29) is 15.9 Å². The standard InChI is InChI=1S/C19H18BrF2N3S/c1-2-3-11-4-6-25(10-11)19-17-16(5-7-26-17)23-18(24-19)12-8-15(22)13(20)9-14(12)21/h5,7-9,11H,2-4,6,10H2,1H3. The third-order valence-electron chi connectivity index (χ3n) is 4.82. The van der Waals surface area contributed by atoms with Gasteiger partial charge in [-0.05, 0) is 58.3 Å². The zero-order valence-electron chi connectivity index (χ0n) is 14.3. The first-order valence-electron chi connectivity index (χ1n) is 8.72. The van der Waals surface area contributed by atoms with Crippen LogP contribution in [0.15, 0.2) is 28.1 Å². The number of nitrogens with zero attached hydrogens (tertiary/aromatic N) is 3. The van der Waals surface area contributed by atoms with Crippen LogP contribution in [0.3, 0.4) is 0 Å². The fraction of sp³-hybridized carbons (Fsp3) is 0.368. The van der Waals surface area contributed by atoms with Crippen molar-refractivity contribution in [3.63, 3.8) is 0 Å². The topological polar surface area (TPSA) is 29.0 Å². The van der Waals surface area contributed by atoms with Gasteiger partial charge in [-0.15, -0.1) is 11.3 Å². The summed E-state index contributed by atoms with van der Waals surface area (Å²) in [7, 11) is 0. The average molecular weight is 438 g/mol. The van der Waals surface area contributed by atoms with Gasteiger partial charge in [0.1, 0.15) is 11.6 Å². The second-order valence-corrected chi connectivity index (χ2v) is 8.41. The Morgan fingerprint density at radius 3 is 2.92 bits per heavy atom. The molecule has 4 rings (SSSR count). The molecule has 0 N–H and O–H groups in total. The molecule has 0 aliphatic carbocycles. The van der Waals surface area contributed by atoms with Crippen molar-refractivity contribution >= 4 is 43.3 Å². The lowest BCUT2D eigenvalue weighted by Gasteiger charge is -2.19. The number of rotatable bonds is 4. The lowest BCUT2D eigenvalue weighted by Crippen LogP contribution is -2.21. The van der Waals surface area contributed by atoms with Crippen LogP contribution in [-0.2, 0) is 0 Å². The molecule has 1 fully saturated rings. The Balaban J connectivity index is 1.80. The first-order chi connectivity index (χ1) is 12.6. The quantitative estimate of drug-likeness (QED) is 0.466. The summed E-state index contributed by atoms with van der Waals surface area (Å²) in [6.45, 7) is 4.09. The minimum absolute atomic E-state index is 0.0874. The molecule has 2 aromatic heterocycles. The van der Waals surface area contributed by atoms with Gasteiger partial charge in [-0.1, -0.05) is 13.3 Å². The Morgan fingerprint density at radius 2 is 2.12 bits per heavy atom. The lowest BCUT2D eigenvalue weighted by molar-refractivity contribution is 0.529. The monoisotopic (exact) mass is 437 g/mol. The molecule has 136 valence electrons. The van der Waals surface area contributed by atoms with Crippen molar-refractivity contribution in [2.75, 3.05) is 18.0 Å². The van der Waals surface area contributed by atoms with Gasteiger partial charge in [-0.2, -0.15) is 0 Å². The molecule has 1 saturated heterocycles. The predicted octanol–water partition coefficient (Wildman–Crippen LogP) is 6.03. The van der Waals surface area contributed by atoms with Gasteiger partial charge in [0.2, 0.25) is 0 Å². The highest BCUT2D eigenvalue weighted by atomic mass is 79.9. The Kier molecular flexibility index (Phi) is 4.92. The Morgan fingerprint density at radius 1 is 1.27 bits per heavy atom. The van der Waals surface area contributed by atoms with Crippen LogP contribution in [0.1, 0.15) is 26.2 Å². The van der Waals surface area contributed by atoms with Gasteiger partial charge >= 0.3 is 0 Å².